The number of halogens is 1. The van der Waals surface area contributed by atoms with E-state index in [9.17, 15) is 9.59 Å². The Kier molecular flexibility index (Phi) is 7.52. The molecule has 5 nitrogen and oxygen atoms in total. The highest BCUT2D eigenvalue weighted by molar-refractivity contribution is 5.92. The van der Waals surface area contributed by atoms with Crippen molar-refractivity contribution in [3.05, 3.63) is 29.8 Å². The summed E-state index contributed by atoms with van der Waals surface area (Å²) in [5.41, 5.74) is 2.04. The van der Waals surface area contributed by atoms with Gasteiger partial charge in [0, 0.05) is 5.69 Å². The van der Waals surface area contributed by atoms with Crippen LogP contribution in [0.1, 0.15) is 38.2 Å². The summed E-state index contributed by atoms with van der Waals surface area (Å²) < 4.78 is 0. The number of nitrogens with zero attached hydrogens (tertiary/aromatic N) is 1. The molecule has 0 unspecified atom stereocenters. The lowest BCUT2D eigenvalue weighted by atomic mass is 9.97. The fourth-order valence-corrected chi connectivity index (χ4v) is 2.69. The summed E-state index contributed by atoms with van der Waals surface area (Å²) in [7, 11) is 0. The predicted molar refractivity (Wildman–Crippen MR) is 93.2 cm³/mol. The van der Waals surface area contributed by atoms with Gasteiger partial charge in [-0.2, -0.15) is 0 Å². The minimum absolute atomic E-state index is 0. The quantitative estimate of drug-likeness (QED) is 0.864. The van der Waals surface area contributed by atoms with Crippen molar-refractivity contribution in [2.45, 2.75) is 32.6 Å². The first kappa shape index (κ1) is 19.5. The topological polar surface area (TPSA) is 69.6 Å². The van der Waals surface area contributed by atoms with Crippen molar-refractivity contribution in [2.75, 3.05) is 25.0 Å². The van der Waals surface area contributed by atoms with Crippen molar-refractivity contribution in [2.24, 2.45) is 5.92 Å². The molecule has 0 aliphatic carbocycles. The van der Waals surface area contributed by atoms with E-state index in [0.717, 1.165) is 5.69 Å². The average Bonchev–Trinajstić information content (AvgIpc) is 2.48. The number of piperidine rings is 1. The molecule has 0 aromatic heterocycles. The Balaban J connectivity index is 0.00000264. The Hall–Kier alpha value is -1.59. The van der Waals surface area contributed by atoms with Gasteiger partial charge in [0.15, 0.2) is 0 Å². The van der Waals surface area contributed by atoms with Crippen LogP contribution >= 0.6 is 12.4 Å². The number of carbonyl (C=O) groups excluding carboxylic acids is 1. The maximum absolute atomic E-state index is 12.0. The molecular formula is C17H25ClN2O3. The van der Waals surface area contributed by atoms with E-state index >= 15 is 0 Å². The normalized spacial score (nSPS) is 16.0. The molecule has 1 aliphatic rings. The Bertz CT molecular complexity index is 523. The smallest absolute Gasteiger partial charge is 0.306 e. The number of likely N-dealkylation sites (tertiary alicyclic amines) is 1. The zero-order valence-corrected chi connectivity index (χ0v) is 14.4. The molecule has 1 aromatic carbocycles. The summed E-state index contributed by atoms with van der Waals surface area (Å²) in [6.07, 6.45) is 1.23. The van der Waals surface area contributed by atoms with Gasteiger partial charge in [0.25, 0.3) is 0 Å². The lowest BCUT2D eigenvalue weighted by Crippen LogP contribution is -2.40. The minimum Gasteiger partial charge on any atom is -0.481 e. The van der Waals surface area contributed by atoms with E-state index in [4.69, 9.17) is 5.11 Å². The number of anilines is 1. The standard InChI is InChI=1S/C17H24N2O3.ClH/c1-12(2)13-3-5-15(6-4-13)18-16(20)11-19-9-7-14(8-10-19)17(21)22;/h3-6,12,14H,7-11H2,1-2H3,(H,18,20)(H,21,22);1H. The van der Waals surface area contributed by atoms with E-state index < -0.39 is 5.97 Å². The molecule has 0 saturated carbocycles. The second kappa shape index (κ2) is 8.89. The molecule has 0 radical (unpaired) electrons. The van der Waals surface area contributed by atoms with Gasteiger partial charge in [-0.1, -0.05) is 26.0 Å². The highest BCUT2D eigenvalue weighted by Gasteiger charge is 2.25. The maximum atomic E-state index is 12.0. The molecule has 6 heteroatoms. The van der Waals surface area contributed by atoms with E-state index in [-0.39, 0.29) is 24.2 Å². The fraction of sp³-hybridized carbons (Fsp3) is 0.529. The fourth-order valence-electron chi connectivity index (χ4n) is 2.69. The molecule has 2 rings (SSSR count). The van der Waals surface area contributed by atoms with Crippen LogP contribution in [0.2, 0.25) is 0 Å². The van der Waals surface area contributed by atoms with Crippen LogP contribution in [0.3, 0.4) is 0 Å². The zero-order valence-electron chi connectivity index (χ0n) is 13.6. The molecule has 1 saturated heterocycles. The molecule has 2 N–H and O–H groups in total. The number of aliphatic carboxylic acids is 1. The summed E-state index contributed by atoms with van der Waals surface area (Å²) in [6.45, 7) is 5.91. The summed E-state index contributed by atoms with van der Waals surface area (Å²) in [5.74, 6) is -0.566. The first-order chi connectivity index (χ1) is 10.5. The van der Waals surface area contributed by atoms with Crippen LogP contribution in [0.15, 0.2) is 24.3 Å². The Morgan fingerprint density at radius 1 is 1.22 bits per heavy atom. The Labute approximate surface area is 143 Å². The third kappa shape index (κ3) is 5.84. The van der Waals surface area contributed by atoms with Crippen molar-refractivity contribution in [3.8, 4) is 0 Å². The third-order valence-electron chi connectivity index (χ3n) is 4.17. The summed E-state index contributed by atoms with van der Waals surface area (Å²) >= 11 is 0. The number of rotatable bonds is 5. The van der Waals surface area contributed by atoms with Gasteiger partial charge in [-0.15, -0.1) is 12.4 Å². The molecule has 1 fully saturated rings. The van der Waals surface area contributed by atoms with Crippen LogP contribution < -0.4 is 5.32 Å². The van der Waals surface area contributed by atoms with Crippen molar-refractivity contribution in [3.63, 3.8) is 0 Å². The summed E-state index contributed by atoms with van der Waals surface area (Å²) in [6, 6.07) is 7.89. The van der Waals surface area contributed by atoms with Gasteiger partial charge in [-0.25, -0.2) is 0 Å². The van der Waals surface area contributed by atoms with Crippen LogP contribution in [-0.2, 0) is 9.59 Å². The van der Waals surface area contributed by atoms with Gasteiger partial charge in [-0.05, 0) is 49.5 Å². The molecule has 0 bridgehead atoms. The molecule has 128 valence electrons. The lowest BCUT2D eigenvalue weighted by molar-refractivity contribution is -0.143. The molecule has 1 aliphatic heterocycles. The van der Waals surface area contributed by atoms with Crippen LogP contribution in [0.4, 0.5) is 5.69 Å². The average molecular weight is 341 g/mol. The van der Waals surface area contributed by atoms with Crippen LogP contribution in [0.25, 0.3) is 0 Å². The monoisotopic (exact) mass is 340 g/mol. The molecule has 0 spiro atoms. The zero-order chi connectivity index (χ0) is 16.1. The van der Waals surface area contributed by atoms with Crippen LogP contribution in [0, 0.1) is 5.92 Å². The maximum Gasteiger partial charge on any atom is 0.306 e. The van der Waals surface area contributed by atoms with Crippen molar-refractivity contribution >= 4 is 30.0 Å². The highest BCUT2D eigenvalue weighted by Crippen LogP contribution is 2.18. The minimum atomic E-state index is -0.727. The molecule has 1 heterocycles. The lowest BCUT2D eigenvalue weighted by Gasteiger charge is -2.29. The van der Waals surface area contributed by atoms with Crippen molar-refractivity contribution in [1.82, 2.24) is 4.90 Å². The van der Waals surface area contributed by atoms with Gasteiger partial charge >= 0.3 is 5.97 Å². The van der Waals surface area contributed by atoms with E-state index in [1.807, 2.05) is 29.2 Å². The molecule has 0 atom stereocenters. The number of nitrogens with one attached hydrogen (secondary N) is 1. The number of hydrogen-bond acceptors (Lipinski definition) is 3. The van der Waals surface area contributed by atoms with Crippen LogP contribution in [-0.4, -0.2) is 41.5 Å². The van der Waals surface area contributed by atoms with Gasteiger partial charge in [-0.3, -0.25) is 14.5 Å². The number of carbonyl (C=O) groups is 2. The first-order valence-corrected chi connectivity index (χ1v) is 7.80. The SMILES string of the molecule is CC(C)c1ccc(NC(=O)CN2CCC(C(=O)O)CC2)cc1.Cl. The number of carboxylic acids is 1. The number of carboxylic acid groups (broad SMARTS) is 1. The van der Waals surface area contributed by atoms with Crippen LogP contribution in [0.5, 0.6) is 0 Å². The van der Waals surface area contributed by atoms with Gasteiger partial charge < -0.3 is 10.4 Å². The number of amides is 1. The van der Waals surface area contributed by atoms with Gasteiger partial charge in [0.1, 0.15) is 0 Å². The second-order valence-electron chi connectivity index (χ2n) is 6.21. The number of hydrogen-bond donors (Lipinski definition) is 2. The first-order valence-electron chi connectivity index (χ1n) is 7.80. The summed E-state index contributed by atoms with van der Waals surface area (Å²) in [5, 5.41) is 11.9. The molecule has 23 heavy (non-hydrogen) atoms. The molecule has 1 aromatic rings. The van der Waals surface area contributed by atoms with E-state index in [1.54, 1.807) is 0 Å². The molecule has 1 amide bonds. The van der Waals surface area contributed by atoms with Crippen molar-refractivity contribution in [1.29, 1.82) is 0 Å². The van der Waals surface area contributed by atoms with Gasteiger partial charge in [0.2, 0.25) is 5.91 Å². The largest absolute Gasteiger partial charge is 0.481 e. The van der Waals surface area contributed by atoms with Gasteiger partial charge in [0.05, 0.1) is 12.5 Å². The van der Waals surface area contributed by atoms with E-state index in [2.05, 4.69) is 19.2 Å². The Morgan fingerprint density at radius 2 is 1.78 bits per heavy atom. The predicted octanol–water partition coefficient (Wildman–Crippen LogP) is 2.97. The third-order valence-corrected chi connectivity index (χ3v) is 4.17. The van der Waals surface area contributed by atoms with E-state index in [1.165, 1.54) is 5.56 Å². The highest BCUT2D eigenvalue weighted by atomic mass is 35.5. The molecular weight excluding hydrogens is 316 g/mol. The second-order valence-corrected chi connectivity index (χ2v) is 6.21. The number of benzene rings is 1. The van der Waals surface area contributed by atoms with Crippen molar-refractivity contribution < 1.29 is 14.7 Å². The Morgan fingerprint density at radius 3 is 2.26 bits per heavy atom. The summed E-state index contributed by atoms with van der Waals surface area (Å²) in [4.78, 5) is 25.0. The van der Waals surface area contributed by atoms with E-state index in [0.29, 0.717) is 38.4 Å².